The average Bonchev–Trinajstić information content (AvgIpc) is 2.76. The van der Waals surface area contributed by atoms with E-state index in [0.717, 1.165) is 12.0 Å². The zero-order valence-electron chi connectivity index (χ0n) is 11.8. The summed E-state index contributed by atoms with van der Waals surface area (Å²) in [6.45, 7) is 2.70. The maximum atomic E-state index is 12.3. The quantitative estimate of drug-likeness (QED) is 0.845. The van der Waals surface area contributed by atoms with Crippen LogP contribution >= 0.6 is 0 Å². The molecule has 0 saturated carbocycles. The largest absolute Gasteiger partial charge is 0.361 e. The fourth-order valence-electron chi connectivity index (χ4n) is 2.94. The molecule has 2 aromatic rings. The number of carbonyl (C=O) groups is 1. The highest BCUT2D eigenvalue weighted by atomic mass is 16.1. The van der Waals surface area contributed by atoms with Gasteiger partial charge in [0.2, 0.25) is 0 Å². The van der Waals surface area contributed by atoms with Crippen LogP contribution in [0.3, 0.4) is 0 Å². The number of Topliss-reactive ketones (excluding diaryl/α,β-unsaturated/α-hetero) is 1. The maximum Gasteiger partial charge on any atom is 0.156 e. The minimum Gasteiger partial charge on any atom is -0.361 e. The van der Waals surface area contributed by atoms with Crippen molar-refractivity contribution < 1.29 is 4.79 Å². The Kier molecular flexibility index (Phi) is 3.55. The van der Waals surface area contributed by atoms with E-state index in [1.54, 1.807) is 0 Å². The standard InChI is InChI=1S/C18H19NO/c1-14-11-16-9-5-6-10-18(16)19(14)13-17(20)12-15-7-3-2-4-8-15/h2-10,14H,11-13H2,1H3. The van der Waals surface area contributed by atoms with Crippen LogP contribution in [0.15, 0.2) is 54.6 Å². The van der Waals surface area contributed by atoms with E-state index in [4.69, 9.17) is 0 Å². The fourth-order valence-corrected chi connectivity index (χ4v) is 2.94. The summed E-state index contributed by atoms with van der Waals surface area (Å²) in [5, 5.41) is 0. The molecule has 1 unspecified atom stereocenters. The number of para-hydroxylation sites is 1. The van der Waals surface area contributed by atoms with E-state index in [-0.39, 0.29) is 5.78 Å². The molecule has 0 aliphatic carbocycles. The Labute approximate surface area is 120 Å². The van der Waals surface area contributed by atoms with Crippen LogP contribution in [0.25, 0.3) is 0 Å². The lowest BCUT2D eigenvalue weighted by molar-refractivity contribution is -0.117. The van der Waals surface area contributed by atoms with Gasteiger partial charge in [0.1, 0.15) is 0 Å². The monoisotopic (exact) mass is 265 g/mol. The molecule has 102 valence electrons. The molecule has 0 saturated heterocycles. The zero-order valence-corrected chi connectivity index (χ0v) is 11.8. The van der Waals surface area contributed by atoms with E-state index >= 15 is 0 Å². The second-order valence-electron chi connectivity index (χ2n) is 5.51. The smallest absolute Gasteiger partial charge is 0.156 e. The number of rotatable bonds is 4. The predicted molar refractivity (Wildman–Crippen MR) is 82.1 cm³/mol. The van der Waals surface area contributed by atoms with Gasteiger partial charge in [-0.1, -0.05) is 48.5 Å². The van der Waals surface area contributed by atoms with Crippen molar-refractivity contribution in [3.63, 3.8) is 0 Å². The van der Waals surface area contributed by atoms with Gasteiger partial charge in [-0.2, -0.15) is 0 Å². The lowest BCUT2D eigenvalue weighted by Crippen LogP contribution is -2.35. The molecule has 0 spiro atoms. The van der Waals surface area contributed by atoms with Crippen molar-refractivity contribution in [1.82, 2.24) is 0 Å². The molecule has 20 heavy (non-hydrogen) atoms. The van der Waals surface area contributed by atoms with Crippen LogP contribution in [-0.2, 0) is 17.6 Å². The molecule has 1 heterocycles. The van der Waals surface area contributed by atoms with Crippen molar-refractivity contribution in [2.24, 2.45) is 0 Å². The van der Waals surface area contributed by atoms with Crippen LogP contribution in [0.5, 0.6) is 0 Å². The topological polar surface area (TPSA) is 20.3 Å². The number of carbonyl (C=O) groups excluding carboxylic acids is 1. The third-order valence-electron chi connectivity index (χ3n) is 3.94. The normalized spacial score (nSPS) is 17.1. The Morgan fingerprint density at radius 1 is 1.10 bits per heavy atom. The molecule has 2 aromatic carbocycles. The van der Waals surface area contributed by atoms with Crippen LogP contribution in [0.4, 0.5) is 5.69 Å². The highest BCUT2D eigenvalue weighted by molar-refractivity contribution is 5.86. The van der Waals surface area contributed by atoms with Crippen LogP contribution in [-0.4, -0.2) is 18.4 Å². The highest BCUT2D eigenvalue weighted by Crippen LogP contribution is 2.31. The van der Waals surface area contributed by atoms with Gasteiger partial charge in [-0.15, -0.1) is 0 Å². The average molecular weight is 265 g/mol. The molecule has 0 aromatic heterocycles. The van der Waals surface area contributed by atoms with Crippen LogP contribution in [0.2, 0.25) is 0 Å². The summed E-state index contributed by atoms with van der Waals surface area (Å²) in [6, 6.07) is 18.8. The SMILES string of the molecule is CC1Cc2ccccc2N1CC(=O)Cc1ccccc1. The lowest BCUT2D eigenvalue weighted by atomic mass is 10.1. The van der Waals surface area contributed by atoms with Crippen molar-refractivity contribution in [3.8, 4) is 0 Å². The Bertz CT molecular complexity index is 606. The first-order valence-corrected chi connectivity index (χ1v) is 7.14. The third kappa shape index (κ3) is 2.60. The second kappa shape index (κ2) is 5.49. The van der Waals surface area contributed by atoms with Gasteiger partial charge in [-0.3, -0.25) is 4.79 Å². The van der Waals surface area contributed by atoms with Crippen molar-refractivity contribution >= 4 is 11.5 Å². The number of benzene rings is 2. The molecule has 1 aliphatic rings. The molecule has 2 heteroatoms. The number of anilines is 1. The molecule has 2 nitrogen and oxygen atoms in total. The molecule has 0 amide bonds. The summed E-state index contributed by atoms with van der Waals surface area (Å²) in [5.74, 6) is 0.278. The van der Waals surface area contributed by atoms with E-state index in [0.29, 0.717) is 19.0 Å². The number of hydrogen-bond acceptors (Lipinski definition) is 2. The first-order valence-electron chi connectivity index (χ1n) is 7.14. The van der Waals surface area contributed by atoms with Gasteiger partial charge in [-0.25, -0.2) is 0 Å². The second-order valence-corrected chi connectivity index (χ2v) is 5.51. The Hall–Kier alpha value is -2.09. The van der Waals surface area contributed by atoms with Crippen molar-refractivity contribution in [2.75, 3.05) is 11.4 Å². The number of fused-ring (bicyclic) bond motifs is 1. The van der Waals surface area contributed by atoms with Gasteiger partial charge in [-0.05, 0) is 30.5 Å². The minimum absolute atomic E-state index is 0.278. The molecule has 0 bridgehead atoms. The molecule has 0 fully saturated rings. The van der Waals surface area contributed by atoms with Crippen molar-refractivity contribution in [2.45, 2.75) is 25.8 Å². The summed E-state index contributed by atoms with van der Waals surface area (Å²) < 4.78 is 0. The summed E-state index contributed by atoms with van der Waals surface area (Å²) in [4.78, 5) is 14.5. The molecule has 1 atom stereocenters. The summed E-state index contributed by atoms with van der Waals surface area (Å²) in [6.07, 6.45) is 1.56. The number of hydrogen-bond donors (Lipinski definition) is 0. The van der Waals surface area contributed by atoms with Crippen LogP contribution in [0, 0.1) is 0 Å². The van der Waals surface area contributed by atoms with Crippen molar-refractivity contribution in [3.05, 3.63) is 65.7 Å². The molecule has 0 N–H and O–H groups in total. The van der Waals surface area contributed by atoms with Crippen LogP contribution < -0.4 is 4.90 Å². The molecular formula is C18H19NO. The Balaban J connectivity index is 1.70. The Morgan fingerprint density at radius 2 is 1.80 bits per heavy atom. The zero-order chi connectivity index (χ0) is 13.9. The summed E-state index contributed by atoms with van der Waals surface area (Å²) in [5.41, 5.74) is 3.67. The minimum atomic E-state index is 0.278. The third-order valence-corrected chi connectivity index (χ3v) is 3.94. The van der Waals surface area contributed by atoms with Crippen LogP contribution in [0.1, 0.15) is 18.1 Å². The highest BCUT2D eigenvalue weighted by Gasteiger charge is 2.26. The maximum absolute atomic E-state index is 12.3. The summed E-state index contributed by atoms with van der Waals surface area (Å²) in [7, 11) is 0. The molecular weight excluding hydrogens is 246 g/mol. The fraction of sp³-hybridized carbons (Fsp3) is 0.278. The van der Waals surface area contributed by atoms with E-state index in [1.165, 1.54) is 11.3 Å². The van der Waals surface area contributed by atoms with Gasteiger partial charge >= 0.3 is 0 Å². The predicted octanol–water partition coefficient (Wildman–Crippen LogP) is 3.25. The van der Waals surface area contributed by atoms with E-state index in [2.05, 4.69) is 30.0 Å². The molecule has 0 radical (unpaired) electrons. The first-order chi connectivity index (χ1) is 9.74. The first kappa shape index (κ1) is 12.9. The van der Waals surface area contributed by atoms with Gasteiger partial charge in [0.25, 0.3) is 0 Å². The van der Waals surface area contributed by atoms with E-state index in [9.17, 15) is 4.79 Å². The lowest BCUT2D eigenvalue weighted by Gasteiger charge is -2.24. The van der Waals surface area contributed by atoms with E-state index in [1.807, 2.05) is 36.4 Å². The Morgan fingerprint density at radius 3 is 2.60 bits per heavy atom. The van der Waals surface area contributed by atoms with Gasteiger partial charge in [0.05, 0.1) is 6.54 Å². The summed E-state index contributed by atoms with van der Waals surface area (Å²) >= 11 is 0. The van der Waals surface area contributed by atoms with Crippen molar-refractivity contribution in [1.29, 1.82) is 0 Å². The number of nitrogens with zero attached hydrogens (tertiary/aromatic N) is 1. The molecule has 1 aliphatic heterocycles. The van der Waals surface area contributed by atoms with Gasteiger partial charge < -0.3 is 4.90 Å². The van der Waals surface area contributed by atoms with E-state index < -0.39 is 0 Å². The van der Waals surface area contributed by atoms with Gasteiger partial charge in [0.15, 0.2) is 5.78 Å². The van der Waals surface area contributed by atoms with Gasteiger partial charge in [0, 0.05) is 18.2 Å². The molecule has 3 rings (SSSR count). The number of ketones is 1.